The van der Waals surface area contributed by atoms with Gasteiger partial charge in [-0.1, -0.05) is 17.7 Å². The van der Waals surface area contributed by atoms with Crippen LogP contribution in [0.4, 0.5) is 9.18 Å². The minimum absolute atomic E-state index is 0.312. The van der Waals surface area contributed by atoms with Gasteiger partial charge in [-0.3, -0.25) is 4.90 Å². The van der Waals surface area contributed by atoms with Crippen LogP contribution in [0.25, 0.3) is 0 Å². The first-order valence-electron chi connectivity index (χ1n) is 7.17. The summed E-state index contributed by atoms with van der Waals surface area (Å²) in [5.41, 5.74) is 0.948. The quantitative estimate of drug-likeness (QED) is 0.876. The molecule has 0 spiro atoms. The molecule has 21 heavy (non-hydrogen) atoms. The fourth-order valence-electron chi connectivity index (χ4n) is 2.71. The van der Waals surface area contributed by atoms with E-state index in [2.05, 4.69) is 10.2 Å². The van der Waals surface area contributed by atoms with Gasteiger partial charge in [0.15, 0.2) is 0 Å². The molecule has 0 atom stereocenters. The van der Waals surface area contributed by atoms with Gasteiger partial charge < -0.3 is 10.4 Å². The van der Waals surface area contributed by atoms with E-state index in [1.165, 1.54) is 12.1 Å². The summed E-state index contributed by atoms with van der Waals surface area (Å²) in [6, 6.07) is 4.52. The molecule has 2 N–H and O–H groups in total. The Morgan fingerprint density at radius 2 is 2.14 bits per heavy atom. The lowest BCUT2D eigenvalue weighted by Gasteiger charge is -2.32. The van der Waals surface area contributed by atoms with E-state index >= 15 is 0 Å². The van der Waals surface area contributed by atoms with E-state index in [0.717, 1.165) is 44.5 Å². The number of hydrogen-bond donors (Lipinski definition) is 2. The normalized spacial score (nSPS) is 16.9. The molecule has 0 bridgehead atoms. The second-order valence-electron chi connectivity index (χ2n) is 5.48. The summed E-state index contributed by atoms with van der Waals surface area (Å²) in [6.07, 6.45) is 2.04. The Kier molecular flexibility index (Phi) is 5.82. The van der Waals surface area contributed by atoms with Crippen LogP contribution in [-0.4, -0.2) is 35.7 Å². The number of benzene rings is 1. The summed E-state index contributed by atoms with van der Waals surface area (Å²) in [7, 11) is 0. The largest absolute Gasteiger partial charge is 0.465 e. The maximum Gasteiger partial charge on any atom is 0.404 e. The number of carboxylic acid groups (broad SMARTS) is 1. The highest BCUT2D eigenvalue weighted by atomic mass is 35.5. The Morgan fingerprint density at radius 1 is 1.43 bits per heavy atom. The number of rotatable bonds is 5. The van der Waals surface area contributed by atoms with Crippen LogP contribution in [0.15, 0.2) is 18.2 Å². The number of carbonyl (C=O) groups is 1. The van der Waals surface area contributed by atoms with Gasteiger partial charge in [0.05, 0.1) is 0 Å². The zero-order valence-corrected chi connectivity index (χ0v) is 12.6. The molecule has 0 aromatic heterocycles. The first-order valence-corrected chi connectivity index (χ1v) is 7.55. The van der Waals surface area contributed by atoms with E-state index in [4.69, 9.17) is 16.7 Å². The van der Waals surface area contributed by atoms with E-state index in [1.807, 2.05) is 0 Å². The van der Waals surface area contributed by atoms with Crippen molar-refractivity contribution in [3.05, 3.63) is 34.6 Å². The highest BCUT2D eigenvalue weighted by Crippen LogP contribution is 2.24. The number of halogens is 2. The van der Waals surface area contributed by atoms with Crippen LogP contribution in [-0.2, 0) is 6.54 Å². The Bertz CT molecular complexity index is 491. The molecule has 2 rings (SSSR count). The van der Waals surface area contributed by atoms with Gasteiger partial charge in [-0.15, -0.1) is 0 Å². The average molecular weight is 315 g/mol. The van der Waals surface area contributed by atoms with E-state index in [0.29, 0.717) is 17.5 Å². The van der Waals surface area contributed by atoms with Crippen LogP contribution in [0.3, 0.4) is 0 Å². The van der Waals surface area contributed by atoms with Gasteiger partial charge in [0.2, 0.25) is 0 Å². The molecular weight excluding hydrogens is 295 g/mol. The summed E-state index contributed by atoms with van der Waals surface area (Å²) in [5, 5.41) is 11.4. The SMILES string of the molecule is O=C(O)NCCC1CCN(Cc2ccc(F)cc2Cl)CC1. The second-order valence-corrected chi connectivity index (χ2v) is 5.88. The van der Waals surface area contributed by atoms with Gasteiger partial charge in [0, 0.05) is 18.1 Å². The number of nitrogens with one attached hydrogen (secondary N) is 1. The standard InChI is InChI=1S/C15H20ClFN2O2/c16-14-9-13(17)2-1-12(14)10-19-7-4-11(5-8-19)3-6-18-15(20)21/h1-2,9,11,18H,3-8,10H2,(H,20,21). The first kappa shape index (κ1) is 16.0. The molecule has 0 radical (unpaired) electrons. The Morgan fingerprint density at radius 3 is 2.76 bits per heavy atom. The minimum Gasteiger partial charge on any atom is -0.465 e. The molecule has 6 heteroatoms. The molecule has 1 heterocycles. The van der Waals surface area contributed by atoms with Crippen molar-refractivity contribution in [2.24, 2.45) is 5.92 Å². The molecule has 1 aliphatic rings. The highest BCUT2D eigenvalue weighted by Gasteiger charge is 2.19. The molecule has 1 aromatic carbocycles. The summed E-state index contributed by atoms with van der Waals surface area (Å²) in [6.45, 7) is 3.18. The van der Waals surface area contributed by atoms with Crippen molar-refractivity contribution in [2.45, 2.75) is 25.8 Å². The molecule has 4 nitrogen and oxygen atoms in total. The van der Waals surface area contributed by atoms with Gasteiger partial charge in [0.1, 0.15) is 5.82 Å². The van der Waals surface area contributed by atoms with Gasteiger partial charge in [-0.05, 0) is 56.0 Å². The number of piperidine rings is 1. The third-order valence-corrected chi connectivity index (χ3v) is 4.30. The molecule has 1 aliphatic heterocycles. The van der Waals surface area contributed by atoms with Gasteiger partial charge in [-0.25, -0.2) is 9.18 Å². The fourth-order valence-corrected chi connectivity index (χ4v) is 2.93. The van der Waals surface area contributed by atoms with Crippen molar-refractivity contribution >= 4 is 17.7 Å². The number of likely N-dealkylation sites (tertiary alicyclic amines) is 1. The van der Waals surface area contributed by atoms with Gasteiger partial charge in [0.25, 0.3) is 0 Å². The molecule has 1 fully saturated rings. The summed E-state index contributed by atoms with van der Waals surface area (Å²) in [5.74, 6) is 0.255. The summed E-state index contributed by atoms with van der Waals surface area (Å²) < 4.78 is 13.0. The van der Waals surface area contributed by atoms with Crippen LogP contribution in [0.1, 0.15) is 24.8 Å². The van der Waals surface area contributed by atoms with Crippen LogP contribution in [0.5, 0.6) is 0 Å². The van der Waals surface area contributed by atoms with Crippen molar-refractivity contribution in [3.8, 4) is 0 Å². The van der Waals surface area contributed by atoms with Crippen molar-refractivity contribution in [2.75, 3.05) is 19.6 Å². The Hall–Kier alpha value is -1.33. The van der Waals surface area contributed by atoms with Crippen molar-refractivity contribution in [3.63, 3.8) is 0 Å². The van der Waals surface area contributed by atoms with Crippen LogP contribution >= 0.6 is 11.6 Å². The third-order valence-electron chi connectivity index (χ3n) is 3.95. The zero-order valence-electron chi connectivity index (χ0n) is 11.8. The molecule has 1 aromatic rings. The van der Waals surface area contributed by atoms with Crippen molar-refractivity contribution in [1.29, 1.82) is 0 Å². The van der Waals surface area contributed by atoms with E-state index in [9.17, 15) is 9.18 Å². The molecule has 0 unspecified atom stereocenters. The molecule has 0 saturated carbocycles. The van der Waals surface area contributed by atoms with Crippen molar-refractivity contribution < 1.29 is 14.3 Å². The molecule has 1 amide bonds. The Labute approximate surface area is 128 Å². The summed E-state index contributed by atoms with van der Waals surface area (Å²) in [4.78, 5) is 12.7. The molecule has 1 saturated heterocycles. The molecule has 0 aliphatic carbocycles. The summed E-state index contributed by atoms with van der Waals surface area (Å²) >= 11 is 6.05. The molecular formula is C15H20ClFN2O2. The monoisotopic (exact) mass is 314 g/mol. The topological polar surface area (TPSA) is 52.6 Å². The fraction of sp³-hybridized carbons (Fsp3) is 0.533. The predicted octanol–water partition coefficient (Wildman–Crippen LogP) is 3.35. The van der Waals surface area contributed by atoms with Gasteiger partial charge in [-0.2, -0.15) is 0 Å². The smallest absolute Gasteiger partial charge is 0.404 e. The predicted molar refractivity (Wildman–Crippen MR) is 80.1 cm³/mol. The van der Waals surface area contributed by atoms with Crippen molar-refractivity contribution in [1.82, 2.24) is 10.2 Å². The third kappa shape index (κ3) is 5.17. The highest BCUT2D eigenvalue weighted by molar-refractivity contribution is 6.31. The Balaban J connectivity index is 1.75. The average Bonchev–Trinajstić information content (AvgIpc) is 2.43. The van der Waals surface area contributed by atoms with Gasteiger partial charge >= 0.3 is 6.09 Å². The van der Waals surface area contributed by atoms with E-state index in [1.54, 1.807) is 6.07 Å². The van der Waals surface area contributed by atoms with E-state index < -0.39 is 6.09 Å². The minimum atomic E-state index is -0.960. The molecule has 116 valence electrons. The number of hydrogen-bond acceptors (Lipinski definition) is 2. The number of nitrogens with zero attached hydrogens (tertiary/aromatic N) is 1. The van der Waals surface area contributed by atoms with Crippen LogP contribution in [0.2, 0.25) is 5.02 Å². The lowest BCUT2D eigenvalue weighted by molar-refractivity contribution is 0.168. The van der Waals surface area contributed by atoms with Crippen LogP contribution < -0.4 is 5.32 Å². The lowest BCUT2D eigenvalue weighted by Crippen LogP contribution is -2.34. The zero-order chi connectivity index (χ0) is 15.2. The van der Waals surface area contributed by atoms with Crippen LogP contribution in [0, 0.1) is 11.7 Å². The lowest BCUT2D eigenvalue weighted by atomic mass is 9.93. The maximum absolute atomic E-state index is 13.0. The number of amides is 1. The maximum atomic E-state index is 13.0. The second kappa shape index (κ2) is 7.61. The first-order chi connectivity index (χ1) is 10.0. The van der Waals surface area contributed by atoms with E-state index in [-0.39, 0.29) is 5.82 Å².